The third-order valence-corrected chi connectivity index (χ3v) is 4.83. The monoisotopic (exact) mass is 382 g/mol. The zero-order valence-electron chi connectivity index (χ0n) is 16.0. The Morgan fingerprint density at radius 2 is 1.69 bits per heavy atom. The van der Waals surface area contributed by atoms with Crippen LogP contribution in [0.1, 0.15) is 21.7 Å². The molecule has 5 nitrogen and oxygen atoms in total. The molecule has 0 spiro atoms. The number of hydrogen-bond acceptors (Lipinski definition) is 4. The van der Waals surface area contributed by atoms with E-state index in [1.807, 2.05) is 54.6 Å². The number of benzene rings is 3. The molecule has 142 valence electrons. The van der Waals surface area contributed by atoms with Crippen LogP contribution in [-0.4, -0.2) is 13.0 Å². The number of hydrogen-bond donors (Lipinski definition) is 1. The molecule has 0 saturated carbocycles. The van der Waals surface area contributed by atoms with E-state index in [2.05, 4.69) is 11.4 Å². The number of carbonyl (C=O) groups excluding carboxylic acids is 1. The molecule has 29 heavy (non-hydrogen) atoms. The van der Waals surface area contributed by atoms with Crippen LogP contribution in [0.4, 0.5) is 5.69 Å². The Hall–Kier alpha value is -4.04. The van der Waals surface area contributed by atoms with Crippen LogP contribution in [0.5, 0.6) is 5.75 Å². The lowest BCUT2D eigenvalue weighted by atomic mass is 10.1. The Morgan fingerprint density at radius 1 is 1.00 bits per heavy atom. The van der Waals surface area contributed by atoms with Crippen molar-refractivity contribution >= 4 is 22.6 Å². The molecule has 0 unspecified atom stereocenters. The zero-order valence-corrected chi connectivity index (χ0v) is 16.0. The summed E-state index contributed by atoms with van der Waals surface area (Å²) in [5, 5.41) is 12.8. The first-order valence-corrected chi connectivity index (χ1v) is 9.09. The molecule has 0 aliphatic heterocycles. The van der Waals surface area contributed by atoms with E-state index >= 15 is 0 Å². The van der Waals surface area contributed by atoms with Crippen LogP contribution < -0.4 is 10.1 Å². The van der Waals surface area contributed by atoms with Crippen molar-refractivity contribution in [3.05, 3.63) is 83.6 Å². The van der Waals surface area contributed by atoms with Gasteiger partial charge in [-0.2, -0.15) is 5.26 Å². The van der Waals surface area contributed by atoms with Crippen LogP contribution in [0.3, 0.4) is 0 Å². The van der Waals surface area contributed by atoms with Gasteiger partial charge < -0.3 is 14.5 Å². The molecular formula is C24H18N2O3. The van der Waals surface area contributed by atoms with Crippen molar-refractivity contribution in [2.75, 3.05) is 12.4 Å². The number of fused-ring (bicyclic) bond motifs is 1. The molecule has 3 aromatic carbocycles. The molecule has 0 aliphatic carbocycles. The third-order valence-electron chi connectivity index (χ3n) is 4.83. The molecule has 0 fully saturated rings. The summed E-state index contributed by atoms with van der Waals surface area (Å²) in [7, 11) is 1.50. The quantitative estimate of drug-likeness (QED) is 0.503. The van der Waals surface area contributed by atoms with Crippen LogP contribution in [0, 0.1) is 18.3 Å². The number of carbonyl (C=O) groups is 1. The average Bonchev–Trinajstić information content (AvgIpc) is 3.11. The molecule has 0 radical (unpaired) electrons. The van der Waals surface area contributed by atoms with E-state index in [0.29, 0.717) is 33.5 Å². The van der Waals surface area contributed by atoms with E-state index in [1.165, 1.54) is 7.11 Å². The van der Waals surface area contributed by atoms with Gasteiger partial charge in [-0.1, -0.05) is 42.5 Å². The molecule has 4 aromatic rings. The largest absolute Gasteiger partial charge is 0.495 e. The fourth-order valence-electron chi connectivity index (χ4n) is 3.39. The highest BCUT2D eigenvalue weighted by Crippen LogP contribution is 2.36. The lowest BCUT2D eigenvalue weighted by molar-refractivity contribution is 0.0998. The van der Waals surface area contributed by atoms with E-state index in [9.17, 15) is 10.1 Å². The van der Waals surface area contributed by atoms with Gasteiger partial charge in [-0.25, -0.2) is 0 Å². The van der Waals surface area contributed by atoms with Gasteiger partial charge in [-0.3, -0.25) is 4.79 Å². The van der Waals surface area contributed by atoms with Gasteiger partial charge in [0, 0.05) is 11.3 Å². The molecule has 1 amide bonds. The number of furan rings is 1. The SMILES string of the molecule is COc1c(C#N)ccc2oc(C(=O)Nc3ccc(-c4ccccc4)cc3)c(C)c12. The summed E-state index contributed by atoms with van der Waals surface area (Å²) in [4.78, 5) is 12.8. The normalized spacial score (nSPS) is 10.5. The predicted molar refractivity (Wildman–Crippen MR) is 112 cm³/mol. The summed E-state index contributed by atoms with van der Waals surface area (Å²) in [6.07, 6.45) is 0. The van der Waals surface area contributed by atoms with Gasteiger partial charge in [0.05, 0.1) is 18.1 Å². The van der Waals surface area contributed by atoms with Crippen molar-refractivity contribution in [3.63, 3.8) is 0 Å². The van der Waals surface area contributed by atoms with Crippen LogP contribution in [0.25, 0.3) is 22.1 Å². The minimum absolute atomic E-state index is 0.195. The Morgan fingerprint density at radius 3 is 2.34 bits per heavy atom. The Bertz CT molecular complexity index is 1230. The predicted octanol–water partition coefficient (Wildman–Crippen LogP) is 5.54. The highest BCUT2D eigenvalue weighted by atomic mass is 16.5. The molecule has 0 saturated heterocycles. The van der Waals surface area contributed by atoms with Crippen LogP contribution in [-0.2, 0) is 0 Å². The minimum Gasteiger partial charge on any atom is -0.495 e. The fourth-order valence-corrected chi connectivity index (χ4v) is 3.39. The summed E-state index contributed by atoms with van der Waals surface area (Å²) in [6, 6.07) is 23.0. The van der Waals surface area contributed by atoms with E-state index < -0.39 is 0 Å². The van der Waals surface area contributed by atoms with Gasteiger partial charge in [0.15, 0.2) is 5.76 Å². The second-order valence-electron chi connectivity index (χ2n) is 6.58. The molecule has 5 heteroatoms. The molecule has 1 aromatic heterocycles. The minimum atomic E-state index is -0.355. The Labute approximate surface area is 168 Å². The first kappa shape index (κ1) is 18.3. The van der Waals surface area contributed by atoms with Crippen LogP contribution in [0.15, 0.2) is 71.1 Å². The van der Waals surface area contributed by atoms with E-state index in [-0.39, 0.29) is 11.7 Å². The molecule has 1 heterocycles. The molecule has 4 rings (SSSR count). The van der Waals surface area contributed by atoms with Crippen molar-refractivity contribution in [1.29, 1.82) is 5.26 Å². The number of amides is 1. The lowest BCUT2D eigenvalue weighted by Crippen LogP contribution is -2.12. The second-order valence-corrected chi connectivity index (χ2v) is 6.58. The van der Waals surface area contributed by atoms with E-state index in [4.69, 9.17) is 9.15 Å². The van der Waals surface area contributed by atoms with Gasteiger partial charge in [-0.15, -0.1) is 0 Å². The number of nitriles is 1. The molecule has 1 N–H and O–H groups in total. The maximum Gasteiger partial charge on any atom is 0.291 e. The smallest absolute Gasteiger partial charge is 0.291 e. The van der Waals surface area contributed by atoms with Gasteiger partial charge >= 0.3 is 0 Å². The van der Waals surface area contributed by atoms with Gasteiger partial charge in [0.1, 0.15) is 17.4 Å². The van der Waals surface area contributed by atoms with Crippen molar-refractivity contribution in [2.24, 2.45) is 0 Å². The molecule has 0 aliphatic rings. The highest BCUT2D eigenvalue weighted by molar-refractivity contribution is 6.07. The summed E-state index contributed by atoms with van der Waals surface area (Å²) in [6.45, 7) is 1.78. The van der Waals surface area contributed by atoms with Crippen LogP contribution in [0.2, 0.25) is 0 Å². The number of nitrogens with one attached hydrogen (secondary N) is 1. The number of aryl methyl sites for hydroxylation is 1. The zero-order chi connectivity index (χ0) is 20.4. The first-order valence-electron chi connectivity index (χ1n) is 9.09. The van der Waals surface area contributed by atoms with Crippen LogP contribution >= 0.6 is 0 Å². The molecule has 0 atom stereocenters. The van der Waals surface area contributed by atoms with Gasteiger partial charge in [0.25, 0.3) is 5.91 Å². The van der Waals surface area contributed by atoms with Crippen molar-refractivity contribution < 1.29 is 13.9 Å². The third kappa shape index (κ3) is 3.32. The number of rotatable bonds is 4. The fraction of sp³-hybridized carbons (Fsp3) is 0.0833. The highest BCUT2D eigenvalue weighted by Gasteiger charge is 2.22. The number of anilines is 1. The molecule has 0 bridgehead atoms. The Balaban J connectivity index is 1.63. The maximum atomic E-state index is 12.8. The standard InChI is InChI=1S/C24H18N2O3/c1-15-21-20(13-10-18(14-25)23(21)28-2)29-22(15)24(27)26-19-11-8-17(9-12-19)16-6-4-3-5-7-16/h3-13H,1-2H3,(H,26,27). The Kier molecular flexibility index (Phi) is 4.76. The average molecular weight is 382 g/mol. The topological polar surface area (TPSA) is 75.3 Å². The summed E-state index contributed by atoms with van der Waals surface area (Å²) >= 11 is 0. The number of methoxy groups -OCH3 is 1. The summed E-state index contributed by atoms with van der Waals surface area (Å²) in [5.41, 5.74) is 4.37. The summed E-state index contributed by atoms with van der Waals surface area (Å²) < 4.78 is 11.1. The number of nitrogens with zero attached hydrogens (tertiary/aromatic N) is 1. The summed E-state index contributed by atoms with van der Waals surface area (Å²) in [5.74, 6) is 0.254. The first-order chi connectivity index (χ1) is 14.1. The van der Waals surface area contributed by atoms with Gasteiger partial charge in [-0.05, 0) is 42.3 Å². The van der Waals surface area contributed by atoms with E-state index in [1.54, 1.807) is 19.1 Å². The molecular weight excluding hydrogens is 364 g/mol. The van der Waals surface area contributed by atoms with Crippen molar-refractivity contribution in [2.45, 2.75) is 6.92 Å². The van der Waals surface area contributed by atoms with E-state index in [0.717, 1.165) is 11.1 Å². The number of ether oxygens (including phenoxy) is 1. The van der Waals surface area contributed by atoms with Crippen molar-refractivity contribution in [3.8, 4) is 22.9 Å². The van der Waals surface area contributed by atoms with Gasteiger partial charge in [0.2, 0.25) is 0 Å². The maximum absolute atomic E-state index is 12.8. The lowest BCUT2D eigenvalue weighted by Gasteiger charge is -2.06. The van der Waals surface area contributed by atoms with Crippen molar-refractivity contribution in [1.82, 2.24) is 0 Å². The second kappa shape index (κ2) is 7.53.